The molecule has 4 aliphatic carbocycles. The quantitative estimate of drug-likeness (QED) is 0.375. The van der Waals surface area contributed by atoms with E-state index in [2.05, 4.69) is 33.6 Å². The molecule has 0 N–H and O–H groups in total. The van der Waals surface area contributed by atoms with E-state index in [9.17, 15) is 0 Å². The first-order chi connectivity index (χ1) is 13.1. The van der Waals surface area contributed by atoms with E-state index >= 15 is 0 Å². The Morgan fingerprint density at radius 1 is 0.926 bits per heavy atom. The Balaban J connectivity index is 0.000000274. The van der Waals surface area contributed by atoms with Gasteiger partial charge < -0.3 is 0 Å². The molecule has 4 fully saturated rings. The number of rotatable bonds is 2. The molecule has 0 nitrogen and oxygen atoms in total. The van der Waals surface area contributed by atoms with Gasteiger partial charge in [0, 0.05) is 0 Å². The summed E-state index contributed by atoms with van der Waals surface area (Å²) in [4.78, 5) is 0. The summed E-state index contributed by atoms with van der Waals surface area (Å²) >= 11 is -0.826. The van der Waals surface area contributed by atoms with E-state index in [1.54, 1.807) is 17.8 Å². The van der Waals surface area contributed by atoms with Gasteiger partial charge in [-0.15, -0.1) is 0 Å². The molecule has 0 bridgehead atoms. The van der Waals surface area contributed by atoms with Gasteiger partial charge in [-0.1, -0.05) is 40.0 Å². The van der Waals surface area contributed by atoms with E-state index < -0.39 is 20.8 Å². The van der Waals surface area contributed by atoms with Crippen molar-refractivity contribution in [2.45, 2.75) is 65.7 Å². The first-order valence-electron chi connectivity index (χ1n) is 10.5. The molecule has 0 saturated heterocycles. The predicted octanol–water partition coefficient (Wildman–Crippen LogP) is 7.81. The zero-order chi connectivity index (χ0) is 19.6. The van der Waals surface area contributed by atoms with Gasteiger partial charge in [-0.3, -0.25) is 0 Å². The predicted molar refractivity (Wildman–Crippen MR) is 115 cm³/mol. The van der Waals surface area contributed by atoms with Gasteiger partial charge in [0.05, 0.1) is 0 Å². The van der Waals surface area contributed by atoms with Gasteiger partial charge in [0.2, 0.25) is 0 Å². The second kappa shape index (κ2) is 13.7. The van der Waals surface area contributed by atoms with Crippen LogP contribution < -0.4 is 0 Å². The molecule has 0 heterocycles. The molecular formula is C24H34Cl2Zr+2. The van der Waals surface area contributed by atoms with Crippen molar-refractivity contribution < 1.29 is 20.8 Å². The molecule has 4 rings (SSSR count). The molecule has 27 heavy (non-hydrogen) atoms. The Hall–Kier alpha value is 1.46. The standard InChI is InChI=1S/C19H29.C5H5.2ClH.Zr/c1-13(2)16-10-8-14(3)12-19(16)18-11-9-15-6-4-5-7-17(15)18;1-2-4-5-3-1;;;/h9,11,13-14,16,19H,4-8,10,12H2,1-3H3;1-5H;2*1H;/q;;;;+4/p-2/t14-,16+,19+;;;;/m1..../s1. The van der Waals surface area contributed by atoms with E-state index in [1.165, 1.54) is 44.9 Å². The third-order valence-electron chi connectivity index (χ3n) is 6.30. The zero-order valence-electron chi connectivity index (χ0n) is 17.1. The van der Waals surface area contributed by atoms with Crippen LogP contribution in [-0.2, 0) is 20.8 Å². The topological polar surface area (TPSA) is 0 Å². The van der Waals surface area contributed by atoms with Crippen LogP contribution in [0.5, 0.6) is 0 Å². The fourth-order valence-electron chi connectivity index (χ4n) is 4.96. The van der Waals surface area contributed by atoms with Crippen molar-refractivity contribution in [2.24, 2.45) is 23.7 Å². The van der Waals surface area contributed by atoms with Crippen LogP contribution in [0.1, 0.15) is 65.7 Å². The van der Waals surface area contributed by atoms with Gasteiger partial charge in [-0.25, -0.2) is 0 Å². The average Bonchev–Trinajstić information content (AvgIpc) is 3.35. The van der Waals surface area contributed by atoms with E-state index in [4.69, 9.17) is 17.0 Å². The van der Waals surface area contributed by atoms with Crippen LogP contribution in [0, 0.1) is 86.4 Å². The number of hydrogen-bond donors (Lipinski definition) is 0. The summed E-state index contributed by atoms with van der Waals surface area (Å²) in [6.07, 6.45) is 24.8. The van der Waals surface area contributed by atoms with Crippen molar-refractivity contribution in [1.82, 2.24) is 0 Å². The maximum absolute atomic E-state index is 4.93. The Bertz CT molecular complexity index is 375. The minimum absolute atomic E-state index is 0.826. The number of halogens is 2. The molecule has 146 valence electrons. The van der Waals surface area contributed by atoms with Crippen LogP contribution in [0.15, 0.2) is 0 Å². The van der Waals surface area contributed by atoms with Crippen molar-refractivity contribution in [3.05, 3.63) is 62.7 Å². The molecule has 4 saturated carbocycles. The van der Waals surface area contributed by atoms with Crippen molar-refractivity contribution in [2.75, 3.05) is 0 Å². The van der Waals surface area contributed by atoms with Crippen LogP contribution in [-0.4, -0.2) is 0 Å². The monoisotopic (exact) mass is 482 g/mol. The van der Waals surface area contributed by atoms with E-state index in [1.807, 2.05) is 32.1 Å². The van der Waals surface area contributed by atoms with E-state index in [0.717, 1.165) is 23.7 Å². The summed E-state index contributed by atoms with van der Waals surface area (Å²) in [6, 6.07) is 0. The summed E-state index contributed by atoms with van der Waals surface area (Å²) in [5, 5.41) is 0. The second-order valence-corrected chi connectivity index (χ2v) is 12.2. The van der Waals surface area contributed by atoms with Gasteiger partial charge in [-0.05, 0) is 112 Å². The fraction of sp³-hybridized carbons (Fsp3) is 0.583. The molecule has 0 unspecified atom stereocenters. The molecule has 0 aromatic carbocycles. The van der Waals surface area contributed by atoms with Gasteiger partial charge in [0.25, 0.3) is 0 Å². The molecule has 4 aliphatic rings. The molecule has 0 aromatic rings. The summed E-state index contributed by atoms with van der Waals surface area (Å²) < 4.78 is 0. The van der Waals surface area contributed by atoms with Gasteiger partial charge in [0.1, 0.15) is 0 Å². The van der Waals surface area contributed by atoms with Crippen LogP contribution in [0.25, 0.3) is 0 Å². The van der Waals surface area contributed by atoms with Crippen LogP contribution in [0.2, 0.25) is 0 Å². The molecule has 0 spiro atoms. The average molecular weight is 485 g/mol. The third kappa shape index (κ3) is 7.90. The second-order valence-electron chi connectivity index (χ2n) is 8.47. The molecule has 0 aliphatic heterocycles. The molecule has 3 atom stereocenters. The van der Waals surface area contributed by atoms with Crippen molar-refractivity contribution in [3.63, 3.8) is 0 Å². The Morgan fingerprint density at radius 3 is 2.11 bits per heavy atom. The number of fused-ring (bicyclic) bond motifs is 1. The first-order valence-corrected chi connectivity index (χ1v) is 16.8. The Labute approximate surface area is 189 Å². The minimum atomic E-state index is -0.826. The van der Waals surface area contributed by atoms with Crippen LogP contribution >= 0.6 is 17.0 Å². The third-order valence-corrected chi connectivity index (χ3v) is 6.30. The van der Waals surface area contributed by atoms with Crippen LogP contribution in [0.3, 0.4) is 0 Å². The zero-order valence-corrected chi connectivity index (χ0v) is 21.0. The first kappa shape index (κ1) is 24.7. The molecular weight excluding hydrogens is 450 g/mol. The maximum atomic E-state index is 4.93. The fourth-order valence-corrected chi connectivity index (χ4v) is 4.96. The molecule has 10 radical (unpaired) electrons. The Morgan fingerprint density at radius 2 is 1.52 bits per heavy atom. The van der Waals surface area contributed by atoms with Gasteiger partial charge in [-0.2, -0.15) is 0 Å². The van der Waals surface area contributed by atoms with Gasteiger partial charge >= 0.3 is 37.9 Å². The summed E-state index contributed by atoms with van der Waals surface area (Å²) in [5.41, 5.74) is 0. The van der Waals surface area contributed by atoms with Crippen molar-refractivity contribution in [3.8, 4) is 0 Å². The normalized spacial score (nSPS) is 32.1. The van der Waals surface area contributed by atoms with E-state index in [0.29, 0.717) is 0 Å². The molecule has 0 amide bonds. The number of hydrogen-bond acceptors (Lipinski definition) is 0. The van der Waals surface area contributed by atoms with Gasteiger partial charge in [0.15, 0.2) is 0 Å². The SMILES string of the molecule is CC(C)[C@@H]1CC[C@@H](C)C[C@@H]1[C]1[CH][CH][C]2CCCC[C]21.[CH]1[CH][CH][CH][CH]1.[Cl][Zr+2][Cl]. The summed E-state index contributed by atoms with van der Waals surface area (Å²) in [6.45, 7) is 7.32. The van der Waals surface area contributed by atoms with E-state index in [-0.39, 0.29) is 0 Å². The summed E-state index contributed by atoms with van der Waals surface area (Å²) in [7, 11) is 9.87. The van der Waals surface area contributed by atoms with Crippen molar-refractivity contribution in [1.29, 1.82) is 0 Å². The molecule has 0 aromatic heterocycles. The van der Waals surface area contributed by atoms with Crippen molar-refractivity contribution >= 4 is 17.0 Å². The molecule has 3 heteroatoms. The summed E-state index contributed by atoms with van der Waals surface area (Å²) in [5.74, 6) is 8.73. The van der Waals surface area contributed by atoms with Crippen LogP contribution in [0.4, 0.5) is 0 Å². The Kier molecular flexibility index (Phi) is 12.6.